The molecule has 0 N–H and O–H groups in total. The fourth-order valence-corrected chi connectivity index (χ4v) is 1.63. The summed E-state index contributed by atoms with van der Waals surface area (Å²) in [7, 11) is 0. The van der Waals surface area contributed by atoms with Gasteiger partial charge in [0.1, 0.15) is 11.5 Å². The molecular weight excluding hydrogens is 202 g/mol. The summed E-state index contributed by atoms with van der Waals surface area (Å²) in [5.41, 5.74) is 2.38. The molecule has 0 aliphatic rings. The minimum absolute atomic E-state index is 0.161. The van der Waals surface area contributed by atoms with Crippen LogP contribution in [0.1, 0.15) is 33.1 Å². The van der Waals surface area contributed by atoms with Crippen LogP contribution in [-0.4, -0.2) is 10.8 Å². The molecule has 2 heterocycles. The Labute approximate surface area is 94.1 Å². The lowest BCUT2D eigenvalue weighted by atomic mass is 10.1. The zero-order valence-electron chi connectivity index (χ0n) is 9.57. The number of carbonyl (C=O) groups excluding carboxylic acids is 1. The molecule has 0 bridgehead atoms. The van der Waals surface area contributed by atoms with Gasteiger partial charge in [-0.05, 0) is 44.0 Å². The van der Waals surface area contributed by atoms with Gasteiger partial charge < -0.3 is 4.42 Å². The van der Waals surface area contributed by atoms with Crippen LogP contribution < -0.4 is 0 Å². The van der Waals surface area contributed by atoms with Crippen molar-refractivity contribution in [2.24, 2.45) is 0 Å². The van der Waals surface area contributed by atoms with Crippen molar-refractivity contribution in [3.63, 3.8) is 0 Å². The van der Waals surface area contributed by atoms with E-state index in [0.29, 0.717) is 11.5 Å². The second-order valence-electron chi connectivity index (χ2n) is 3.92. The summed E-state index contributed by atoms with van der Waals surface area (Å²) in [5.74, 6) is 0.913. The van der Waals surface area contributed by atoms with Crippen molar-refractivity contribution in [2.75, 3.05) is 0 Å². The minimum Gasteiger partial charge on any atom is -0.458 e. The lowest BCUT2D eigenvalue weighted by Crippen LogP contribution is -2.05. The zero-order chi connectivity index (χ0) is 11.7. The molecule has 0 amide bonds. The van der Waals surface area contributed by atoms with E-state index < -0.39 is 0 Å². The molecule has 0 saturated heterocycles. The summed E-state index contributed by atoms with van der Waals surface area (Å²) in [4.78, 5) is 16.2. The second kappa shape index (κ2) is 3.93. The summed E-state index contributed by atoms with van der Waals surface area (Å²) < 4.78 is 5.30. The Bertz CT molecular complexity index is 541. The number of aryl methyl sites for hydroxylation is 3. The molecule has 0 aliphatic heterocycles. The molecule has 2 aromatic heterocycles. The molecule has 82 valence electrons. The van der Waals surface area contributed by atoms with E-state index in [2.05, 4.69) is 4.98 Å². The number of pyridine rings is 1. The maximum absolute atomic E-state index is 12.0. The molecule has 3 nitrogen and oxygen atoms in total. The predicted octanol–water partition coefficient (Wildman–Crippen LogP) is 2.83. The molecule has 3 heteroatoms. The monoisotopic (exact) mass is 215 g/mol. The Morgan fingerprint density at radius 3 is 2.56 bits per heavy atom. The van der Waals surface area contributed by atoms with E-state index in [4.69, 9.17) is 4.42 Å². The Hall–Kier alpha value is -1.90. The van der Waals surface area contributed by atoms with Gasteiger partial charge in [-0.3, -0.25) is 9.78 Å². The van der Waals surface area contributed by atoms with Gasteiger partial charge in [0.25, 0.3) is 0 Å². The number of rotatable bonds is 2. The van der Waals surface area contributed by atoms with Gasteiger partial charge in [-0.2, -0.15) is 0 Å². The van der Waals surface area contributed by atoms with Gasteiger partial charge in [-0.15, -0.1) is 0 Å². The van der Waals surface area contributed by atoms with Gasteiger partial charge in [-0.25, -0.2) is 0 Å². The molecule has 0 unspecified atom stereocenters. The highest BCUT2D eigenvalue weighted by molar-refractivity contribution is 6.06. The molecule has 0 radical (unpaired) electrons. The van der Waals surface area contributed by atoms with Crippen molar-refractivity contribution in [1.29, 1.82) is 0 Å². The van der Waals surface area contributed by atoms with Crippen LogP contribution in [0.4, 0.5) is 0 Å². The zero-order valence-corrected chi connectivity index (χ0v) is 9.57. The van der Waals surface area contributed by atoms with Gasteiger partial charge in [0.2, 0.25) is 5.78 Å². The number of nitrogens with zero attached hydrogens (tertiary/aromatic N) is 1. The number of carbonyl (C=O) groups is 1. The molecular formula is C13H13NO2. The smallest absolute Gasteiger partial charge is 0.246 e. The second-order valence-corrected chi connectivity index (χ2v) is 3.92. The number of ketones is 1. The van der Waals surface area contributed by atoms with Crippen molar-refractivity contribution in [1.82, 2.24) is 4.98 Å². The lowest BCUT2D eigenvalue weighted by Gasteiger charge is -2.02. The average molecular weight is 215 g/mol. The Morgan fingerprint density at radius 2 is 2.00 bits per heavy atom. The molecule has 0 fully saturated rings. The topological polar surface area (TPSA) is 43.1 Å². The van der Waals surface area contributed by atoms with Crippen LogP contribution >= 0.6 is 0 Å². The van der Waals surface area contributed by atoms with Crippen LogP contribution in [0.25, 0.3) is 0 Å². The largest absolute Gasteiger partial charge is 0.458 e. The molecule has 0 aromatic carbocycles. The number of furan rings is 1. The maximum atomic E-state index is 12.0. The third-order valence-electron chi connectivity index (χ3n) is 2.39. The van der Waals surface area contributed by atoms with Gasteiger partial charge in [-0.1, -0.05) is 6.07 Å². The van der Waals surface area contributed by atoms with Crippen LogP contribution in [0.2, 0.25) is 0 Å². The standard InChI is InChI=1S/C13H13NO2/c1-8-6-9(2)12(14-7-8)13(15)11-5-4-10(3)16-11/h4-7H,1-3H3. The van der Waals surface area contributed by atoms with E-state index in [-0.39, 0.29) is 5.78 Å². The normalized spacial score (nSPS) is 10.4. The van der Waals surface area contributed by atoms with Crippen molar-refractivity contribution in [3.8, 4) is 0 Å². The summed E-state index contributed by atoms with van der Waals surface area (Å²) in [6.45, 7) is 5.64. The van der Waals surface area contributed by atoms with Gasteiger partial charge in [0.05, 0.1) is 0 Å². The highest BCUT2D eigenvalue weighted by Gasteiger charge is 2.16. The van der Waals surface area contributed by atoms with Crippen LogP contribution in [0.5, 0.6) is 0 Å². The van der Waals surface area contributed by atoms with Crippen LogP contribution in [0.3, 0.4) is 0 Å². The van der Waals surface area contributed by atoms with E-state index in [1.165, 1.54) is 0 Å². The average Bonchev–Trinajstić information content (AvgIpc) is 2.64. The van der Waals surface area contributed by atoms with Crippen molar-refractivity contribution in [2.45, 2.75) is 20.8 Å². The molecule has 2 rings (SSSR count). The third kappa shape index (κ3) is 1.89. The first kappa shape index (κ1) is 10.6. The summed E-state index contributed by atoms with van der Waals surface area (Å²) in [6, 6.07) is 5.39. The van der Waals surface area contributed by atoms with E-state index in [1.54, 1.807) is 18.3 Å². The molecule has 2 aromatic rings. The van der Waals surface area contributed by atoms with Crippen molar-refractivity contribution >= 4 is 5.78 Å². The highest BCUT2D eigenvalue weighted by Crippen LogP contribution is 2.15. The van der Waals surface area contributed by atoms with Gasteiger partial charge >= 0.3 is 0 Å². The quantitative estimate of drug-likeness (QED) is 0.723. The first-order chi connectivity index (χ1) is 7.58. The van der Waals surface area contributed by atoms with E-state index >= 15 is 0 Å². The van der Waals surface area contributed by atoms with E-state index in [1.807, 2.05) is 26.8 Å². The molecule has 0 saturated carbocycles. The third-order valence-corrected chi connectivity index (χ3v) is 2.39. The Kier molecular flexibility index (Phi) is 2.60. The lowest BCUT2D eigenvalue weighted by molar-refractivity contribution is 0.100. The number of hydrogen-bond acceptors (Lipinski definition) is 3. The number of hydrogen-bond donors (Lipinski definition) is 0. The predicted molar refractivity (Wildman–Crippen MR) is 60.6 cm³/mol. The summed E-state index contributed by atoms with van der Waals surface area (Å²) >= 11 is 0. The van der Waals surface area contributed by atoms with Crippen molar-refractivity contribution < 1.29 is 9.21 Å². The molecule has 0 atom stereocenters. The Balaban J connectivity index is 2.41. The van der Waals surface area contributed by atoms with Gasteiger partial charge in [0.15, 0.2) is 5.76 Å². The fraction of sp³-hybridized carbons (Fsp3) is 0.231. The Morgan fingerprint density at radius 1 is 1.25 bits per heavy atom. The molecule has 0 spiro atoms. The van der Waals surface area contributed by atoms with Crippen LogP contribution in [-0.2, 0) is 0 Å². The SMILES string of the molecule is Cc1cnc(C(=O)c2ccc(C)o2)c(C)c1. The summed E-state index contributed by atoms with van der Waals surface area (Å²) in [5, 5.41) is 0. The molecule has 16 heavy (non-hydrogen) atoms. The number of aromatic nitrogens is 1. The molecule has 0 aliphatic carbocycles. The van der Waals surface area contributed by atoms with Gasteiger partial charge in [0, 0.05) is 6.20 Å². The van der Waals surface area contributed by atoms with E-state index in [9.17, 15) is 4.79 Å². The maximum Gasteiger partial charge on any atom is 0.246 e. The van der Waals surface area contributed by atoms with Crippen molar-refractivity contribution in [3.05, 3.63) is 52.7 Å². The minimum atomic E-state index is -0.161. The van der Waals surface area contributed by atoms with E-state index in [0.717, 1.165) is 16.9 Å². The fourth-order valence-electron chi connectivity index (χ4n) is 1.63. The first-order valence-corrected chi connectivity index (χ1v) is 5.12. The summed E-state index contributed by atoms with van der Waals surface area (Å²) in [6.07, 6.45) is 1.69. The van der Waals surface area contributed by atoms with Crippen LogP contribution in [0, 0.1) is 20.8 Å². The highest BCUT2D eigenvalue weighted by atomic mass is 16.3. The first-order valence-electron chi connectivity index (χ1n) is 5.12. The van der Waals surface area contributed by atoms with Crippen LogP contribution in [0.15, 0.2) is 28.8 Å².